The van der Waals surface area contributed by atoms with Crippen LogP contribution in [0.3, 0.4) is 0 Å². The van der Waals surface area contributed by atoms with Gasteiger partial charge in [0.25, 0.3) is 0 Å². The molecule has 0 bridgehead atoms. The highest BCUT2D eigenvalue weighted by molar-refractivity contribution is 5.91. The number of likely N-dealkylation sites (tertiary alicyclic amines) is 1. The maximum Gasteiger partial charge on any atom is 0.335 e. The normalized spacial score (nSPS) is 18.9. The molecular formula is C14H17NO3. The van der Waals surface area contributed by atoms with Gasteiger partial charge in [-0.05, 0) is 31.4 Å². The standard InChI is InChI=1S/C14H17NO3/c1-10-5-4-8-15(10)13(16)9-11-6-2-3-7-12(11)14(17)18/h2-3,6-7,10H,4-5,8-9H2,1H3,(H,17,18). The quantitative estimate of drug-likeness (QED) is 0.888. The third-order valence-corrected chi connectivity index (χ3v) is 3.46. The monoisotopic (exact) mass is 247 g/mol. The summed E-state index contributed by atoms with van der Waals surface area (Å²) in [5, 5.41) is 9.07. The number of carbonyl (C=O) groups is 2. The molecule has 1 atom stereocenters. The lowest BCUT2D eigenvalue weighted by molar-refractivity contribution is -0.130. The third-order valence-electron chi connectivity index (χ3n) is 3.46. The van der Waals surface area contributed by atoms with E-state index >= 15 is 0 Å². The van der Waals surface area contributed by atoms with Gasteiger partial charge < -0.3 is 10.0 Å². The summed E-state index contributed by atoms with van der Waals surface area (Å²) in [7, 11) is 0. The van der Waals surface area contributed by atoms with Gasteiger partial charge in [0.15, 0.2) is 0 Å². The first kappa shape index (κ1) is 12.6. The van der Waals surface area contributed by atoms with Crippen molar-refractivity contribution in [2.24, 2.45) is 0 Å². The largest absolute Gasteiger partial charge is 0.478 e. The van der Waals surface area contributed by atoms with Crippen LogP contribution in [0, 0.1) is 0 Å². The predicted octanol–water partition coefficient (Wildman–Crippen LogP) is 1.94. The number of hydrogen-bond donors (Lipinski definition) is 1. The highest BCUT2D eigenvalue weighted by Gasteiger charge is 2.25. The fourth-order valence-corrected chi connectivity index (χ4v) is 2.45. The van der Waals surface area contributed by atoms with Gasteiger partial charge >= 0.3 is 5.97 Å². The predicted molar refractivity (Wildman–Crippen MR) is 67.5 cm³/mol. The highest BCUT2D eigenvalue weighted by Crippen LogP contribution is 2.19. The summed E-state index contributed by atoms with van der Waals surface area (Å²) in [4.78, 5) is 25.0. The number of benzene rings is 1. The molecule has 1 saturated heterocycles. The van der Waals surface area contributed by atoms with E-state index < -0.39 is 5.97 Å². The molecule has 0 aromatic heterocycles. The number of hydrogen-bond acceptors (Lipinski definition) is 2. The van der Waals surface area contributed by atoms with Crippen molar-refractivity contribution in [2.75, 3.05) is 6.54 Å². The van der Waals surface area contributed by atoms with Crippen LogP contribution in [0.25, 0.3) is 0 Å². The second-order valence-corrected chi connectivity index (χ2v) is 4.72. The first-order valence-electron chi connectivity index (χ1n) is 6.20. The smallest absolute Gasteiger partial charge is 0.335 e. The second kappa shape index (κ2) is 5.21. The number of rotatable bonds is 3. The van der Waals surface area contributed by atoms with Crippen molar-refractivity contribution in [3.63, 3.8) is 0 Å². The fraction of sp³-hybridized carbons (Fsp3) is 0.429. The van der Waals surface area contributed by atoms with Gasteiger partial charge in [0.2, 0.25) is 5.91 Å². The molecule has 1 aromatic carbocycles. The Labute approximate surface area is 106 Å². The molecule has 1 amide bonds. The summed E-state index contributed by atoms with van der Waals surface area (Å²) in [5.41, 5.74) is 0.812. The molecule has 0 saturated carbocycles. The zero-order chi connectivity index (χ0) is 13.1. The minimum atomic E-state index is -0.979. The molecule has 1 heterocycles. The lowest BCUT2D eigenvalue weighted by Crippen LogP contribution is -2.35. The zero-order valence-electron chi connectivity index (χ0n) is 10.4. The molecule has 1 aliphatic heterocycles. The number of aromatic carboxylic acids is 1. The van der Waals surface area contributed by atoms with E-state index in [0.29, 0.717) is 5.56 Å². The average molecular weight is 247 g/mol. The van der Waals surface area contributed by atoms with Crippen LogP contribution in [-0.2, 0) is 11.2 Å². The van der Waals surface area contributed by atoms with Gasteiger partial charge in [-0.3, -0.25) is 4.79 Å². The van der Waals surface area contributed by atoms with E-state index in [9.17, 15) is 9.59 Å². The first-order chi connectivity index (χ1) is 8.59. The van der Waals surface area contributed by atoms with Crippen LogP contribution in [0.4, 0.5) is 0 Å². The Kier molecular flexibility index (Phi) is 3.65. The summed E-state index contributed by atoms with van der Waals surface area (Å²) >= 11 is 0. The minimum absolute atomic E-state index is 0.0219. The van der Waals surface area contributed by atoms with Crippen LogP contribution >= 0.6 is 0 Å². The molecule has 1 aromatic rings. The van der Waals surface area contributed by atoms with E-state index in [2.05, 4.69) is 0 Å². The Morgan fingerprint density at radius 2 is 2.11 bits per heavy atom. The Balaban J connectivity index is 2.14. The van der Waals surface area contributed by atoms with Crippen molar-refractivity contribution in [1.29, 1.82) is 0 Å². The van der Waals surface area contributed by atoms with Crippen LogP contribution in [0.5, 0.6) is 0 Å². The van der Waals surface area contributed by atoms with E-state index in [-0.39, 0.29) is 23.9 Å². The molecule has 96 valence electrons. The maximum absolute atomic E-state index is 12.1. The molecule has 0 aliphatic carbocycles. The average Bonchev–Trinajstić information content (AvgIpc) is 2.76. The van der Waals surface area contributed by atoms with Crippen molar-refractivity contribution in [3.05, 3.63) is 35.4 Å². The van der Waals surface area contributed by atoms with Crippen LogP contribution in [0.15, 0.2) is 24.3 Å². The summed E-state index contributed by atoms with van der Waals surface area (Å²) in [6, 6.07) is 6.97. The van der Waals surface area contributed by atoms with Crippen molar-refractivity contribution in [3.8, 4) is 0 Å². The molecule has 4 nitrogen and oxygen atoms in total. The molecule has 1 fully saturated rings. The van der Waals surface area contributed by atoms with Crippen LogP contribution in [-0.4, -0.2) is 34.5 Å². The first-order valence-corrected chi connectivity index (χ1v) is 6.20. The van der Waals surface area contributed by atoms with E-state index in [1.54, 1.807) is 24.3 Å². The van der Waals surface area contributed by atoms with Gasteiger partial charge in [-0.1, -0.05) is 18.2 Å². The van der Waals surface area contributed by atoms with E-state index in [4.69, 9.17) is 5.11 Å². The molecular weight excluding hydrogens is 230 g/mol. The molecule has 0 spiro atoms. The molecule has 4 heteroatoms. The fourth-order valence-electron chi connectivity index (χ4n) is 2.45. The van der Waals surface area contributed by atoms with Gasteiger partial charge in [0, 0.05) is 12.6 Å². The molecule has 0 radical (unpaired) electrons. The van der Waals surface area contributed by atoms with Crippen LogP contribution < -0.4 is 0 Å². The summed E-state index contributed by atoms with van der Waals surface area (Å²) in [6.45, 7) is 2.82. The van der Waals surface area contributed by atoms with Gasteiger partial charge in [-0.2, -0.15) is 0 Å². The van der Waals surface area contributed by atoms with Gasteiger partial charge in [-0.25, -0.2) is 4.79 Å². The molecule has 18 heavy (non-hydrogen) atoms. The van der Waals surface area contributed by atoms with Crippen molar-refractivity contribution in [1.82, 2.24) is 4.90 Å². The molecule has 1 N–H and O–H groups in total. The minimum Gasteiger partial charge on any atom is -0.478 e. The summed E-state index contributed by atoms with van der Waals surface area (Å²) in [6.07, 6.45) is 2.24. The van der Waals surface area contributed by atoms with Crippen molar-refractivity contribution in [2.45, 2.75) is 32.2 Å². The van der Waals surface area contributed by atoms with Gasteiger partial charge in [0.05, 0.1) is 12.0 Å². The highest BCUT2D eigenvalue weighted by atomic mass is 16.4. The summed E-state index contributed by atoms with van der Waals surface area (Å²) in [5.74, 6) is -0.957. The lowest BCUT2D eigenvalue weighted by Gasteiger charge is -2.21. The topological polar surface area (TPSA) is 57.6 Å². The Morgan fingerprint density at radius 3 is 2.72 bits per heavy atom. The summed E-state index contributed by atoms with van der Waals surface area (Å²) < 4.78 is 0. The molecule has 2 rings (SSSR count). The number of carbonyl (C=O) groups excluding carboxylic acids is 1. The maximum atomic E-state index is 12.1. The number of nitrogens with zero attached hydrogens (tertiary/aromatic N) is 1. The second-order valence-electron chi connectivity index (χ2n) is 4.72. The Morgan fingerprint density at radius 1 is 1.39 bits per heavy atom. The van der Waals surface area contributed by atoms with Crippen molar-refractivity contribution < 1.29 is 14.7 Å². The van der Waals surface area contributed by atoms with E-state index in [1.165, 1.54) is 0 Å². The Hall–Kier alpha value is -1.84. The van der Waals surface area contributed by atoms with Crippen molar-refractivity contribution >= 4 is 11.9 Å². The lowest BCUT2D eigenvalue weighted by atomic mass is 10.0. The molecule has 1 unspecified atom stereocenters. The van der Waals surface area contributed by atoms with E-state index in [0.717, 1.165) is 19.4 Å². The zero-order valence-corrected chi connectivity index (χ0v) is 10.4. The number of amides is 1. The number of carboxylic acid groups (broad SMARTS) is 1. The Bertz CT molecular complexity index is 470. The number of carboxylic acids is 1. The van der Waals surface area contributed by atoms with E-state index in [1.807, 2.05) is 11.8 Å². The van der Waals surface area contributed by atoms with Crippen LogP contribution in [0.1, 0.15) is 35.7 Å². The molecule has 1 aliphatic rings. The van der Waals surface area contributed by atoms with Crippen LogP contribution in [0.2, 0.25) is 0 Å². The van der Waals surface area contributed by atoms with Gasteiger partial charge in [0.1, 0.15) is 0 Å². The van der Waals surface area contributed by atoms with Gasteiger partial charge in [-0.15, -0.1) is 0 Å². The third kappa shape index (κ3) is 2.53. The SMILES string of the molecule is CC1CCCN1C(=O)Cc1ccccc1C(=O)O.